The number of sulfonamides is 1. The van der Waals surface area contributed by atoms with Crippen molar-refractivity contribution in [3.8, 4) is 0 Å². The molecular weight excluding hydrogens is 388 g/mol. The molecule has 2 aromatic rings. The number of nitro benzene ring substituents is 1. The van der Waals surface area contributed by atoms with Crippen molar-refractivity contribution in [1.29, 1.82) is 0 Å². The molecular formula is C18H18N2O7S. The molecule has 0 aliphatic carbocycles. The van der Waals surface area contributed by atoms with Crippen LogP contribution in [0.3, 0.4) is 0 Å². The van der Waals surface area contributed by atoms with E-state index >= 15 is 0 Å². The van der Waals surface area contributed by atoms with Gasteiger partial charge < -0.3 is 9.47 Å². The third-order valence-electron chi connectivity index (χ3n) is 4.20. The molecule has 10 heteroatoms. The van der Waals surface area contributed by atoms with Crippen molar-refractivity contribution < 1.29 is 27.6 Å². The van der Waals surface area contributed by atoms with E-state index in [2.05, 4.69) is 0 Å². The van der Waals surface area contributed by atoms with Crippen molar-refractivity contribution in [2.45, 2.75) is 11.5 Å². The maximum absolute atomic E-state index is 12.7. The number of carbonyl (C=O) groups excluding carboxylic acids is 1. The molecule has 2 aromatic carbocycles. The van der Waals surface area contributed by atoms with Gasteiger partial charge in [-0.1, -0.05) is 24.3 Å². The van der Waals surface area contributed by atoms with Crippen LogP contribution in [-0.4, -0.2) is 49.9 Å². The van der Waals surface area contributed by atoms with Crippen LogP contribution in [0, 0.1) is 10.1 Å². The van der Waals surface area contributed by atoms with E-state index in [1.165, 1.54) is 40.7 Å². The number of ether oxygens (including phenoxy) is 2. The number of nitro groups is 1. The molecule has 0 amide bonds. The number of para-hydroxylation sites is 1. The maximum Gasteiger partial charge on any atom is 0.345 e. The summed E-state index contributed by atoms with van der Waals surface area (Å²) in [6, 6.07) is 11.5. The smallest absolute Gasteiger partial charge is 0.345 e. The minimum Gasteiger partial charge on any atom is -0.457 e. The van der Waals surface area contributed by atoms with E-state index in [9.17, 15) is 23.3 Å². The molecule has 3 rings (SSSR count). The first kappa shape index (κ1) is 19.9. The molecule has 0 saturated carbocycles. The van der Waals surface area contributed by atoms with Gasteiger partial charge in [0.25, 0.3) is 5.69 Å². The Morgan fingerprint density at radius 2 is 1.86 bits per heavy atom. The van der Waals surface area contributed by atoms with Crippen LogP contribution in [0.25, 0.3) is 0 Å². The van der Waals surface area contributed by atoms with Gasteiger partial charge in [-0.2, -0.15) is 4.31 Å². The van der Waals surface area contributed by atoms with E-state index in [-0.39, 0.29) is 35.8 Å². The Morgan fingerprint density at radius 1 is 1.14 bits per heavy atom. The Morgan fingerprint density at radius 3 is 2.57 bits per heavy atom. The summed E-state index contributed by atoms with van der Waals surface area (Å²) in [5.74, 6) is -0.853. The van der Waals surface area contributed by atoms with Crippen LogP contribution < -0.4 is 0 Å². The maximum atomic E-state index is 12.7. The Hall–Kier alpha value is -2.82. The molecule has 0 atom stereocenters. The second kappa shape index (κ2) is 8.46. The average Bonchev–Trinajstić information content (AvgIpc) is 2.72. The van der Waals surface area contributed by atoms with Crippen LogP contribution in [-0.2, 0) is 26.1 Å². The molecule has 0 radical (unpaired) electrons. The Kier molecular flexibility index (Phi) is 6.02. The number of rotatable bonds is 6. The lowest BCUT2D eigenvalue weighted by atomic mass is 10.2. The van der Waals surface area contributed by atoms with Crippen molar-refractivity contribution in [3.05, 3.63) is 69.8 Å². The van der Waals surface area contributed by atoms with Gasteiger partial charge in [-0.15, -0.1) is 0 Å². The standard InChI is InChI=1S/C18H18N2O7S/c21-18(16-6-1-2-7-17(16)20(22)23)27-13-14-4-3-5-15(12-14)28(24,25)19-8-10-26-11-9-19/h1-7,12H,8-11,13H2. The van der Waals surface area contributed by atoms with Gasteiger partial charge in [-0.3, -0.25) is 10.1 Å². The quantitative estimate of drug-likeness (QED) is 0.409. The average molecular weight is 406 g/mol. The highest BCUT2D eigenvalue weighted by atomic mass is 32.2. The number of carbonyl (C=O) groups is 1. The fourth-order valence-electron chi connectivity index (χ4n) is 2.76. The number of esters is 1. The first-order valence-corrected chi connectivity index (χ1v) is 9.91. The van der Waals surface area contributed by atoms with Gasteiger partial charge >= 0.3 is 5.97 Å². The van der Waals surface area contributed by atoms with E-state index in [0.29, 0.717) is 18.8 Å². The topological polar surface area (TPSA) is 116 Å². The molecule has 0 spiro atoms. The van der Waals surface area contributed by atoms with Crippen LogP contribution in [0.2, 0.25) is 0 Å². The molecule has 9 nitrogen and oxygen atoms in total. The lowest BCUT2D eigenvalue weighted by Crippen LogP contribution is -2.40. The van der Waals surface area contributed by atoms with Gasteiger partial charge in [0.2, 0.25) is 10.0 Å². The van der Waals surface area contributed by atoms with Crippen molar-refractivity contribution in [3.63, 3.8) is 0 Å². The molecule has 1 heterocycles. The summed E-state index contributed by atoms with van der Waals surface area (Å²) in [6.07, 6.45) is 0. The van der Waals surface area contributed by atoms with E-state index in [1.54, 1.807) is 12.1 Å². The molecule has 28 heavy (non-hydrogen) atoms. The molecule has 1 aliphatic rings. The molecule has 148 valence electrons. The summed E-state index contributed by atoms with van der Waals surface area (Å²) in [4.78, 5) is 22.7. The predicted octanol–water partition coefficient (Wildman–Crippen LogP) is 1.97. The summed E-state index contributed by atoms with van der Waals surface area (Å²) < 4.78 is 37.1. The third-order valence-corrected chi connectivity index (χ3v) is 6.09. The van der Waals surface area contributed by atoms with Crippen molar-refractivity contribution in [2.24, 2.45) is 0 Å². The monoisotopic (exact) mass is 406 g/mol. The SMILES string of the molecule is O=C(OCc1cccc(S(=O)(=O)N2CCOCC2)c1)c1ccccc1[N+](=O)[O-]. The third kappa shape index (κ3) is 4.35. The lowest BCUT2D eigenvalue weighted by Gasteiger charge is -2.26. The largest absolute Gasteiger partial charge is 0.457 e. The van der Waals surface area contributed by atoms with E-state index in [4.69, 9.17) is 9.47 Å². The molecule has 1 saturated heterocycles. The van der Waals surface area contributed by atoms with Gasteiger partial charge in [0.15, 0.2) is 0 Å². The van der Waals surface area contributed by atoms with Gasteiger partial charge in [-0.05, 0) is 23.8 Å². The highest BCUT2D eigenvalue weighted by Gasteiger charge is 2.26. The van der Waals surface area contributed by atoms with Gasteiger partial charge in [0.1, 0.15) is 12.2 Å². The molecule has 0 bridgehead atoms. The fraction of sp³-hybridized carbons (Fsp3) is 0.278. The number of hydrogen-bond acceptors (Lipinski definition) is 7. The fourth-order valence-corrected chi connectivity index (χ4v) is 4.24. The zero-order valence-electron chi connectivity index (χ0n) is 14.8. The number of morpholine rings is 1. The summed E-state index contributed by atoms with van der Waals surface area (Å²) in [5.41, 5.74) is -0.0537. The van der Waals surface area contributed by atoms with Crippen LogP contribution in [0.15, 0.2) is 53.4 Å². The molecule has 0 N–H and O–H groups in total. The van der Waals surface area contributed by atoms with Crippen LogP contribution in [0.4, 0.5) is 5.69 Å². The van der Waals surface area contributed by atoms with Crippen LogP contribution in [0.5, 0.6) is 0 Å². The number of hydrogen-bond donors (Lipinski definition) is 0. The summed E-state index contributed by atoms with van der Waals surface area (Å²) >= 11 is 0. The Balaban J connectivity index is 1.73. The van der Waals surface area contributed by atoms with Crippen molar-refractivity contribution >= 4 is 21.7 Å². The normalized spacial score (nSPS) is 15.1. The summed E-state index contributed by atoms with van der Waals surface area (Å²) in [5, 5.41) is 11.0. The Bertz CT molecular complexity index is 985. The summed E-state index contributed by atoms with van der Waals surface area (Å²) in [6.45, 7) is 1.02. The van der Waals surface area contributed by atoms with Crippen LogP contribution in [0.1, 0.15) is 15.9 Å². The number of nitrogens with zero attached hydrogens (tertiary/aromatic N) is 2. The zero-order valence-corrected chi connectivity index (χ0v) is 15.6. The molecule has 0 aromatic heterocycles. The lowest BCUT2D eigenvalue weighted by molar-refractivity contribution is -0.385. The van der Waals surface area contributed by atoms with Crippen LogP contribution >= 0.6 is 0 Å². The minimum atomic E-state index is -3.67. The van der Waals surface area contributed by atoms with E-state index in [1.807, 2.05) is 0 Å². The van der Waals surface area contributed by atoms with Crippen molar-refractivity contribution in [2.75, 3.05) is 26.3 Å². The zero-order chi connectivity index (χ0) is 20.1. The van der Waals surface area contributed by atoms with E-state index < -0.39 is 20.9 Å². The summed E-state index contributed by atoms with van der Waals surface area (Å²) in [7, 11) is -3.67. The van der Waals surface area contributed by atoms with Gasteiger partial charge in [-0.25, -0.2) is 13.2 Å². The second-order valence-corrected chi connectivity index (χ2v) is 7.95. The van der Waals surface area contributed by atoms with Gasteiger partial charge in [0.05, 0.1) is 23.0 Å². The van der Waals surface area contributed by atoms with Crippen molar-refractivity contribution in [1.82, 2.24) is 4.31 Å². The molecule has 1 fully saturated rings. The minimum absolute atomic E-state index is 0.0913. The van der Waals surface area contributed by atoms with Gasteiger partial charge in [0, 0.05) is 19.2 Å². The first-order chi connectivity index (χ1) is 13.4. The second-order valence-electron chi connectivity index (χ2n) is 6.01. The first-order valence-electron chi connectivity index (χ1n) is 8.47. The highest BCUT2D eigenvalue weighted by molar-refractivity contribution is 7.89. The molecule has 1 aliphatic heterocycles. The predicted molar refractivity (Wildman–Crippen MR) is 98.2 cm³/mol. The Labute approximate surface area is 161 Å². The highest BCUT2D eigenvalue weighted by Crippen LogP contribution is 2.21. The molecule has 0 unspecified atom stereocenters. The van der Waals surface area contributed by atoms with E-state index in [0.717, 1.165) is 0 Å². The number of benzene rings is 2.